The van der Waals surface area contributed by atoms with Gasteiger partial charge >= 0.3 is 15.4 Å². The summed E-state index contributed by atoms with van der Waals surface area (Å²) in [4.78, 5) is 27.0. The molecule has 0 amide bonds. The first-order valence-corrected chi connectivity index (χ1v) is 13.3. The van der Waals surface area contributed by atoms with E-state index in [4.69, 9.17) is 35.0 Å². The highest BCUT2D eigenvalue weighted by molar-refractivity contribution is 7.62. The van der Waals surface area contributed by atoms with Crippen LogP contribution in [0.5, 0.6) is 5.75 Å². The molecule has 0 saturated carbocycles. The molecule has 3 heterocycles. The lowest BCUT2D eigenvalue weighted by Gasteiger charge is -2.30. The number of pyridine rings is 2. The van der Waals surface area contributed by atoms with E-state index in [2.05, 4.69) is 9.97 Å². The van der Waals surface area contributed by atoms with Gasteiger partial charge in [0.05, 0.1) is 23.5 Å². The van der Waals surface area contributed by atoms with Crippen LogP contribution >= 0.6 is 27.0 Å². The summed E-state index contributed by atoms with van der Waals surface area (Å²) < 4.78 is 41.1. The maximum absolute atomic E-state index is 13.6. The summed E-state index contributed by atoms with van der Waals surface area (Å²) in [6.07, 6.45) is 2.86. The third kappa shape index (κ3) is 4.54. The number of fused-ring (bicyclic) bond motifs is 3. The molecular formula is C21H17ClN2O7P2. The van der Waals surface area contributed by atoms with Crippen LogP contribution in [0.2, 0.25) is 5.02 Å². The summed E-state index contributed by atoms with van der Waals surface area (Å²) >= 11 is 6.09. The Morgan fingerprint density at radius 2 is 1.97 bits per heavy atom. The van der Waals surface area contributed by atoms with Crippen LogP contribution in [0, 0.1) is 0 Å². The van der Waals surface area contributed by atoms with Crippen molar-refractivity contribution in [2.75, 3.05) is 6.61 Å². The summed E-state index contributed by atoms with van der Waals surface area (Å²) in [5.41, 5.74) is 1.64. The Morgan fingerprint density at radius 1 is 1.12 bits per heavy atom. The molecule has 0 bridgehead atoms. The number of aromatic nitrogens is 2. The maximum atomic E-state index is 13.6. The van der Waals surface area contributed by atoms with Gasteiger partial charge in [-0.05, 0) is 35.9 Å². The summed E-state index contributed by atoms with van der Waals surface area (Å²) in [6.45, 7) is 0.245. The average molecular weight is 507 g/mol. The average Bonchev–Trinajstić information content (AvgIpc) is 2.78. The first-order valence-electron chi connectivity index (χ1n) is 9.83. The van der Waals surface area contributed by atoms with Crippen LogP contribution in [0.3, 0.4) is 0 Å². The minimum atomic E-state index is -4.75. The molecule has 2 atom stereocenters. The van der Waals surface area contributed by atoms with Crippen LogP contribution in [0.25, 0.3) is 21.8 Å². The van der Waals surface area contributed by atoms with Crippen molar-refractivity contribution in [3.63, 3.8) is 0 Å². The lowest BCUT2D eigenvalue weighted by Crippen LogP contribution is -2.20. The maximum Gasteiger partial charge on any atom is 0.524 e. The number of phosphoric ester groups is 1. The van der Waals surface area contributed by atoms with Crippen molar-refractivity contribution in [1.82, 2.24) is 9.97 Å². The number of phosphoric acid groups is 1. The Morgan fingerprint density at radius 3 is 2.76 bits per heavy atom. The second kappa shape index (κ2) is 8.46. The van der Waals surface area contributed by atoms with Crippen LogP contribution in [0.4, 0.5) is 0 Å². The molecule has 33 heavy (non-hydrogen) atoms. The van der Waals surface area contributed by atoms with Gasteiger partial charge < -0.3 is 9.05 Å². The van der Waals surface area contributed by atoms with E-state index in [9.17, 15) is 9.13 Å². The van der Waals surface area contributed by atoms with E-state index in [-0.39, 0.29) is 12.4 Å². The lowest BCUT2D eigenvalue weighted by atomic mass is 10.1. The zero-order valence-electron chi connectivity index (χ0n) is 16.9. The molecule has 170 valence electrons. The van der Waals surface area contributed by atoms with Gasteiger partial charge in [0.15, 0.2) is 0 Å². The van der Waals surface area contributed by atoms with Gasteiger partial charge in [-0.25, -0.2) is 4.57 Å². The molecule has 1 unspecified atom stereocenters. The van der Waals surface area contributed by atoms with E-state index in [1.54, 1.807) is 30.3 Å². The Hall–Kier alpha value is -2.35. The van der Waals surface area contributed by atoms with Crippen molar-refractivity contribution in [3.8, 4) is 5.75 Å². The fourth-order valence-electron chi connectivity index (χ4n) is 3.73. The molecule has 1 fully saturated rings. The molecule has 4 aromatic rings. The van der Waals surface area contributed by atoms with E-state index in [0.717, 1.165) is 5.56 Å². The van der Waals surface area contributed by atoms with Crippen LogP contribution in [-0.4, -0.2) is 26.4 Å². The normalized spacial score (nSPS) is 21.4. The van der Waals surface area contributed by atoms with E-state index in [1.165, 1.54) is 18.5 Å². The standard InChI is InChI=1S/C21H17ClN2O7P2/c22-15-3-1-2-13(10-15)18-7-9-29-32(25,30-18)16-11-14-4-5-17-19(31-33(26,27)28)6-8-23-21(17)20(14)24-12-16/h1-6,8,10-12,18H,7,9H2,(H2,26,27,28)/t18-,32?/m0/s1. The molecule has 1 aliphatic rings. The van der Waals surface area contributed by atoms with Crippen LogP contribution in [0.15, 0.2) is 60.9 Å². The Bertz CT molecular complexity index is 1480. The Labute approximate surface area is 193 Å². The summed E-state index contributed by atoms with van der Waals surface area (Å²) in [7, 11) is -8.41. The first-order chi connectivity index (χ1) is 15.7. The third-order valence-electron chi connectivity index (χ3n) is 5.17. The fraction of sp³-hybridized carbons (Fsp3) is 0.143. The van der Waals surface area contributed by atoms with Gasteiger partial charge in [-0.1, -0.05) is 29.8 Å². The summed E-state index contributed by atoms with van der Waals surface area (Å²) in [5, 5.41) is 1.84. The number of hydrogen-bond acceptors (Lipinski definition) is 7. The highest BCUT2D eigenvalue weighted by Gasteiger charge is 2.37. The van der Waals surface area contributed by atoms with Gasteiger partial charge in [0.1, 0.15) is 11.3 Å². The second-order valence-electron chi connectivity index (χ2n) is 7.39. The fourth-order valence-corrected chi connectivity index (χ4v) is 6.08. The van der Waals surface area contributed by atoms with Crippen molar-refractivity contribution in [2.24, 2.45) is 0 Å². The van der Waals surface area contributed by atoms with Crippen molar-refractivity contribution < 1.29 is 32.5 Å². The summed E-state index contributed by atoms with van der Waals surface area (Å²) in [5.74, 6) is -0.0165. The third-order valence-corrected chi connectivity index (χ3v) is 7.77. The molecule has 1 aliphatic heterocycles. The number of benzene rings is 2. The molecule has 0 aliphatic carbocycles. The predicted molar refractivity (Wildman–Crippen MR) is 123 cm³/mol. The Balaban J connectivity index is 1.53. The quantitative estimate of drug-likeness (QED) is 0.293. The van der Waals surface area contributed by atoms with Gasteiger partial charge in [0.2, 0.25) is 0 Å². The van der Waals surface area contributed by atoms with E-state index in [0.29, 0.717) is 38.6 Å². The monoisotopic (exact) mass is 506 g/mol. The van der Waals surface area contributed by atoms with Gasteiger partial charge in [-0.2, -0.15) is 0 Å². The van der Waals surface area contributed by atoms with Crippen LogP contribution < -0.4 is 9.83 Å². The molecule has 2 aromatic heterocycles. The van der Waals surface area contributed by atoms with E-state index >= 15 is 0 Å². The predicted octanol–water partition coefficient (Wildman–Crippen LogP) is 4.90. The lowest BCUT2D eigenvalue weighted by molar-refractivity contribution is 0.0875. The van der Waals surface area contributed by atoms with Gasteiger partial charge in [-0.3, -0.25) is 28.8 Å². The van der Waals surface area contributed by atoms with E-state index in [1.807, 2.05) is 12.1 Å². The molecule has 9 nitrogen and oxygen atoms in total. The van der Waals surface area contributed by atoms with Crippen molar-refractivity contribution >= 4 is 54.1 Å². The van der Waals surface area contributed by atoms with Crippen molar-refractivity contribution in [2.45, 2.75) is 12.5 Å². The van der Waals surface area contributed by atoms with Crippen molar-refractivity contribution in [3.05, 3.63) is 71.5 Å². The second-order valence-corrected chi connectivity index (χ2v) is 11.0. The SMILES string of the molecule is O=P(O)(O)Oc1ccnc2c1ccc1cc(P3(=O)OCC[C@@H](c4cccc(Cl)c4)O3)cnc12. The highest BCUT2D eigenvalue weighted by atomic mass is 35.5. The zero-order chi connectivity index (χ0) is 23.2. The molecule has 0 spiro atoms. The van der Waals surface area contributed by atoms with Crippen molar-refractivity contribution in [1.29, 1.82) is 0 Å². The first kappa shape index (κ1) is 22.4. The minimum Gasteiger partial charge on any atom is -0.403 e. The molecule has 2 N–H and O–H groups in total. The Kier molecular flexibility index (Phi) is 5.75. The molecule has 2 aromatic carbocycles. The number of nitrogens with zero attached hydrogens (tertiary/aromatic N) is 2. The zero-order valence-corrected chi connectivity index (χ0v) is 19.4. The smallest absolute Gasteiger partial charge is 0.403 e. The number of halogens is 1. The number of hydrogen-bond donors (Lipinski definition) is 2. The highest BCUT2D eigenvalue weighted by Crippen LogP contribution is 2.55. The molecule has 1 saturated heterocycles. The molecule has 12 heteroatoms. The van der Waals surface area contributed by atoms with Crippen LogP contribution in [0.1, 0.15) is 18.1 Å². The summed E-state index contributed by atoms with van der Waals surface area (Å²) in [6, 6.07) is 13.5. The van der Waals surface area contributed by atoms with Gasteiger partial charge in [-0.15, -0.1) is 0 Å². The van der Waals surface area contributed by atoms with Crippen LogP contribution in [-0.2, 0) is 18.2 Å². The molecule has 0 radical (unpaired) electrons. The van der Waals surface area contributed by atoms with E-state index < -0.39 is 21.5 Å². The topological polar surface area (TPSA) is 128 Å². The van der Waals surface area contributed by atoms with Gasteiger partial charge in [0.25, 0.3) is 0 Å². The molecule has 5 rings (SSSR count). The number of rotatable bonds is 4. The van der Waals surface area contributed by atoms with Gasteiger partial charge in [0, 0.05) is 34.6 Å². The molecular weight excluding hydrogens is 490 g/mol. The minimum absolute atomic E-state index is 0.0165. The largest absolute Gasteiger partial charge is 0.524 e.